The van der Waals surface area contributed by atoms with Crippen LogP contribution in [-0.4, -0.2) is 103 Å². The molecule has 340 valence electrons. The van der Waals surface area contributed by atoms with Gasteiger partial charge in [0.25, 0.3) is 0 Å². The molecule has 4 aromatic carbocycles. The Morgan fingerprint density at radius 2 is 1.48 bits per heavy atom. The normalized spacial score (nSPS) is 17.2. The predicted molar refractivity (Wildman–Crippen MR) is 247 cm³/mol. The van der Waals surface area contributed by atoms with Gasteiger partial charge in [0.05, 0.1) is 31.8 Å². The van der Waals surface area contributed by atoms with Gasteiger partial charge in [-0.25, -0.2) is 0 Å². The van der Waals surface area contributed by atoms with E-state index < -0.39 is 29.1 Å². The molecule has 0 bridgehead atoms. The molecule has 1 aromatic heterocycles. The zero-order valence-electron chi connectivity index (χ0n) is 37.7. The quantitative estimate of drug-likeness (QED) is 0.0574. The Kier molecular flexibility index (Phi) is 14.5. The molecule has 2 heterocycles. The van der Waals surface area contributed by atoms with Crippen LogP contribution in [-0.2, 0) is 30.4 Å². The maximum Gasteiger partial charge on any atom is 0.246 e. The number of fused-ring (bicyclic) bond motifs is 1. The Bertz CT molecular complexity index is 2440. The van der Waals surface area contributed by atoms with Crippen molar-refractivity contribution in [2.75, 3.05) is 40.9 Å². The van der Waals surface area contributed by atoms with Gasteiger partial charge in [0.2, 0.25) is 24.1 Å². The first kappa shape index (κ1) is 46.2. The Morgan fingerprint density at radius 1 is 0.831 bits per heavy atom. The van der Waals surface area contributed by atoms with Crippen molar-refractivity contribution in [3.63, 3.8) is 0 Å². The van der Waals surface area contributed by atoms with Crippen LogP contribution < -0.4 is 30.2 Å². The third-order valence-electron chi connectivity index (χ3n) is 12.8. The summed E-state index contributed by atoms with van der Waals surface area (Å²) < 4.78 is 17.2. The first-order valence-corrected chi connectivity index (χ1v) is 22.2. The van der Waals surface area contributed by atoms with Crippen molar-refractivity contribution in [3.05, 3.63) is 126 Å². The van der Waals surface area contributed by atoms with E-state index in [1.807, 2.05) is 85.8 Å². The number of Topliss-reactive ketones (excluding diaryl/α,β-unsaturated/α-hetero) is 1. The van der Waals surface area contributed by atoms with Crippen molar-refractivity contribution in [1.82, 2.24) is 30.7 Å². The second-order valence-corrected chi connectivity index (χ2v) is 17.0. The van der Waals surface area contributed by atoms with Gasteiger partial charge < -0.3 is 40.0 Å². The standard InChI is InChI=1S/C51H58N6O8/c1-34(54-47(60)35(2)52-3)32-56(28-25-51(22-12-27-57(51)33-58)48(61)55-46(37-13-8-6-9-14-37)38-15-10-7-11-16-38)49(62)50(23-24-50)45(59)29-36-17-19-39(20-18-36)65-42-21-26-53-41-31-44(64-5)43(63-4)30-40(41)42/h6-11,13-21,26,30-31,33-35,46,52H,12,22-25,27-29,32H2,1-5H3,(H,54,60)(H,55,61). The Morgan fingerprint density at radius 3 is 2.08 bits per heavy atom. The maximum absolute atomic E-state index is 14.9. The molecule has 14 nitrogen and oxygen atoms in total. The number of nitrogens with zero attached hydrogens (tertiary/aromatic N) is 3. The van der Waals surface area contributed by atoms with E-state index in [0.717, 1.165) is 28.5 Å². The number of nitrogens with one attached hydrogen (secondary N) is 3. The lowest BCUT2D eigenvalue weighted by Crippen LogP contribution is -2.58. The Hall–Kier alpha value is -6.80. The number of likely N-dealkylation sites (N-methyl/N-ethyl adjacent to an activating group) is 1. The summed E-state index contributed by atoms with van der Waals surface area (Å²) in [6.45, 7) is 4.11. The third-order valence-corrected chi connectivity index (χ3v) is 12.8. The highest BCUT2D eigenvalue weighted by molar-refractivity contribution is 6.09. The zero-order chi connectivity index (χ0) is 46.1. The molecule has 2 fully saturated rings. The van der Waals surface area contributed by atoms with Gasteiger partial charge in [-0.15, -0.1) is 0 Å². The van der Waals surface area contributed by atoms with E-state index in [1.54, 1.807) is 68.5 Å². The minimum Gasteiger partial charge on any atom is -0.493 e. The number of benzene rings is 4. The highest BCUT2D eigenvalue weighted by Crippen LogP contribution is 2.49. The number of ether oxygens (including phenoxy) is 3. The molecule has 2 aliphatic rings. The van der Waals surface area contributed by atoms with Gasteiger partial charge in [0, 0.05) is 49.7 Å². The van der Waals surface area contributed by atoms with E-state index >= 15 is 0 Å². The molecule has 1 aliphatic heterocycles. The number of hydrogen-bond acceptors (Lipinski definition) is 10. The second kappa shape index (κ2) is 20.4. The number of amides is 4. The van der Waals surface area contributed by atoms with E-state index in [0.29, 0.717) is 60.7 Å². The van der Waals surface area contributed by atoms with Gasteiger partial charge in [0.1, 0.15) is 22.5 Å². The van der Waals surface area contributed by atoms with Gasteiger partial charge >= 0.3 is 0 Å². The zero-order valence-corrected chi connectivity index (χ0v) is 37.7. The highest BCUT2D eigenvalue weighted by Gasteiger charge is 2.57. The molecular weight excluding hydrogens is 825 g/mol. The average Bonchev–Trinajstić information content (AvgIpc) is 4.05. The number of likely N-dealkylation sites (tertiary alicyclic amines) is 1. The minimum absolute atomic E-state index is 0.0205. The molecule has 1 saturated carbocycles. The molecule has 5 aromatic rings. The summed E-state index contributed by atoms with van der Waals surface area (Å²) in [5.74, 6) is 1.09. The third kappa shape index (κ3) is 10.1. The number of carbonyl (C=O) groups excluding carboxylic acids is 5. The molecule has 1 saturated heterocycles. The molecule has 3 N–H and O–H groups in total. The lowest BCUT2D eigenvalue weighted by molar-refractivity contribution is -0.145. The second-order valence-electron chi connectivity index (χ2n) is 17.0. The summed E-state index contributed by atoms with van der Waals surface area (Å²) in [5, 5.41) is 9.94. The van der Waals surface area contributed by atoms with Crippen molar-refractivity contribution in [3.8, 4) is 23.0 Å². The van der Waals surface area contributed by atoms with Crippen LogP contribution in [0.5, 0.6) is 23.0 Å². The summed E-state index contributed by atoms with van der Waals surface area (Å²) in [7, 11) is 4.82. The maximum atomic E-state index is 14.9. The minimum atomic E-state index is -1.26. The fourth-order valence-corrected chi connectivity index (χ4v) is 8.80. The van der Waals surface area contributed by atoms with Crippen LogP contribution in [0.3, 0.4) is 0 Å². The summed E-state index contributed by atoms with van der Waals surface area (Å²) in [4.78, 5) is 77.2. The summed E-state index contributed by atoms with van der Waals surface area (Å²) in [6.07, 6.45) is 4.28. The lowest BCUT2D eigenvalue weighted by Gasteiger charge is -2.39. The monoisotopic (exact) mass is 882 g/mol. The average molecular weight is 883 g/mol. The summed E-state index contributed by atoms with van der Waals surface area (Å²) >= 11 is 0. The van der Waals surface area contributed by atoms with Crippen LogP contribution in [0.2, 0.25) is 0 Å². The number of aromatic nitrogens is 1. The molecule has 7 rings (SSSR count). The molecular formula is C51H58N6O8. The molecule has 14 heteroatoms. The first-order valence-electron chi connectivity index (χ1n) is 22.2. The van der Waals surface area contributed by atoms with Gasteiger partial charge in [0.15, 0.2) is 17.3 Å². The summed E-state index contributed by atoms with van der Waals surface area (Å²) in [6, 6.07) is 30.4. The summed E-state index contributed by atoms with van der Waals surface area (Å²) in [5.41, 5.74) is 0.639. The van der Waals surface area contributed by atoms with Gasteiger partial charge in [-0.2, -0.15) is 0 Å². The van der Waals surface area contributed by atoms with Crippen LogP contribution >= 0.6 is 0 Å². The number of carbonyl (C=O) groups is 5. The molecule has 1 aliphatic carbocycles. The van der Waals surface area contributed by atoms with Crippen molar-refractivity contribution in [2.45, 2.75) is 76.0 Å². The fraction of sp³-hybridized carbons (Fsp3) is 0.373. The lowest BCUT2D eigenvalue weighted by atomic mass is 9.88. The SMILES string of the molecule is CNC(C)C(=O)NC(C)CN(CCC1(C(=O)NC(c2ccccc2)c2ccccc2)CCCN1C=O)C(=O)C1(C(=O)Cc2ccc(Oc3ccnc4cc(OC)c(OC)cc34)cc2)CC1. The van der Waals surface area contributed by atoms with Crippen LogP contribution in [0.25, 0.3) is 10.9 Å². The Balaban J connectivity index is 1.10. The number of rotatable bonds is 21. The Labute approximate surface area is 380 Å². The van der Waals surface area contributed by atoms with Crippen molar-refractivity contribution in [2.24, 2.45) is 5.41 Å². The van der Waals surface area contributed by atoms with Crippen LogP contribution in [0, 0.1) is 5.41 Å². The first-order chi connectivity index (χ1) is 31.4. The fourth-order valence-electron chi connectivity index (χ4n) is 8.80. The van der Waals surface area contributed by atoms with Crippen molar-refractivity contribution < 1.29 is 38.2 Å². The number of ketones is 1. The highest BCUT2D eigenvalue weighted by atomic mass is 16.5. The largest absolute Gasteiger partial charge is 0.493 e. The van der Waals surface area contributed by atoms with Gasteiger partial charge in [-0.1, -0.05) is 72.8 Å². The van der Waals surface area contributed by atoms with Crippen molar-refractivity contribution in [1.29, 1.82) is 0 Å². The topological polar surface area (TPSA) is 168 Å². The van der Waals surface area contributed by atoms with Gasteiger partial charge in [-0.05, 0) is 94.0 Å². The smallest absolute Gasteiger partial charge is 0.246 e. The van der Waals surface area contributed by atoms with E-state index in [2.05, 4.69) is 20.9 Å². The number of hydrogen-bond donors (Lipinski definition) is 3. The number of methoxy groups -OCH3 is 2. The van der Waals surface area contributed by atoms with Crippen LogP contribution in [0.4, 0.5) is 0 Å². The molecule has 3 unspecified atom stereocenters. The van der Waals surface area contributed by atoms with E-state index in [-0.39, 0.29) is 49.4 Å². The predicted octanol–water partition coefficient (Wildman–Crippen LogP) is 6.16. The van der Waals surface area contributed by atoms with E-state index in [9.17, 15) is 24.0 Å². The van der Waals surface area contributed by atoms with Gasteiger partial charge in [-0.3, -0.25) is 29.0 Å². The van der Waals surface area contributed by atoms with E-state index in [1.165, 1.54) is 0 Å². The molecule has 0 spiro atoms. The molecule has 4 amide bonds. The molecule has 0 radical (unpaired) electrons. The van der Waals surface area contributed by atoms with E-state index in [4.69, 9.17) is 14.2 Å². The number of pyridine rings is 1. The van der Waals surface area contributed by atoms with Crippen LogP contribution in [0.1, 0.15) is 68.7 Å². The molecule has 65 heavy (non-hydrogen) atoms. The van der Waals surface area contributed by atoms with Crippen molar-refractivity contribution >= 4 is 40.8 Å². The van der Waals surface area contributed by atoms with Crippen LogP contribution in [0.15, 0.2) is 109 Å². The molecule has 3 atom stereocenters.